The molecule has 0 bridgehead atoms. The van der Waals surface area contributed by atoms with Crippen LogP contribution in [0.2, 0.25) is 5.02 Å². The van der Waals surface area contributed by atoms with Crippen LogP contribution in [0.15, 0.2) is 18.5 Å². The number of halogens is 6. The Morgan fingerprint density at radius 2 is 2.11 bits per heavy atom. The van der Waals surface area contributed by atoms with Crippen LogP contribution in [0.1, 0.15) is 23.9 Å². The number of thiazole rings is 1. The smallest absolute Gasteiger partial charge is 0.351 e. The van der Waals surface area contributed by atoms with Gasteiger partial charge in [-0.1, -0.05) is 11.6 Å². The van der Waals surface area contributed by atoms with Crippen molar-refractivity contribution in [1.82, 2.24) is 20.6 Å². The van der Waals surface area contributed by atoms with Crippen molar-refractivity contribution in [2.24, 2.45) is 0 Å². The van der Waals surface area contributed by atoms with Crippen molar-refractivity contribution >= 4 is 41.3 Å². The minimum atomic E-state index is -4.52. The van der Waals surface area contributed by atoms with E-state index in [-0.39, 0.29) is 46.9 Å². The van der Waals surface area contributed by atoms with Crippen molar-refractivity contribution in [2.75, 3.05) is 0 Å². The van der Waals surface area contributed by atoms with Gasteiger partial charge in [0.15, 0.2) is 5.01 Å². The number of carbonyl (C=O) groups excluding carboxylic acids is 1. The summed E-state index contributed by atoms with van der Waals surface area (Å²) in [6, 6.07) is 0.468. The number of rotatable bonds is 4. The molecule has 12 heteroatoms. The Morgan fingerprint density at radius 1 is 1.39 bits per heavy atom. The second kappa shape index (κ2) is 8.89. The third-order valence-corrected chi connectivity index (χ3v) is 5.58. The highest BCUT2D eigenvalue weighted by Crippen LogP contribution is 2.36. The van der Waals surface area contributed by atoms with Crippen molar-refractivity contribution in [1.29, 1.82) is 0 Å². The van der Waals surface area contributed by atoms with Crippen LogP contribution in [-0.2, 0) is 17.5 Å². The van der Waals surface area contributed by atoms with E-state index < -0.39 is 29.4 Å². The first-order chi connectivity index (χ1) is 12.6. The molecular formula is C16H16Cl2F4N4OS. The lowest BCUT2D eigenvalue weighted by Gasteiger charge is -2.13. The average molecular weight is 459 g/mol. The summed E-state index contributed by atoms with van der Waals surface area (Å²) in [5.74, 6) is -0.367. The number of hydrogen-bond donors (Lipinski definition) is 2. The third kappa shape index (κ3) is 5.11. The molecule has 2 aromatic heterocycles. The van der Waals surface area contributed by atoms with Crippen LogP contribution in [0, 0.1) is 0 Å². The van der Waals surface area contributed by atoms with Gasteiger partial charge in [-0.15, -0.1) is 23.7 Å². The highest BCUT2D eigenvalue weighted by atomic mass is 35.5. The molecule has 0 aromatic carbocycles. The Hall–Kier alpha value is -1.49. The van der Waals surface area contributed by atoms with Gasteiger partial charge >= 0.3 is 6.18 Å². The molecule has 3 heterocycles. The van der Waals surface area contributed by atoms with Crippen LogP contribution in [0.25, 0.3) is 10.6 Å². The number of nitrogens with zero attached hydrogens (tertiary/aromatic N) is 2. The van der Waals surface area contributed by atoms with E-state index in [4.69, 9.17) is 11.6 Å². The fourth-order valence-electron chi connectivity index (χ4n) is 2.68. The van der Waals surface area contributed by atoms with Crippen LogP contribution < -0.4 is 10.6 Å². The van der Waals surface area contributed by atoms with E-state index in [0.717, 1.165) is 6.20 Å². The van der Waals surface area contributed by atoms with Crippen molar-refractivity contribution in [3.8, 4) is 10.6 Å². The number of nitrogens with one attached hydrogen (secondary N) is 2. The molecule has 0 unspecified atom stereocenters. The molecule has 3 atom stereocenters. The summed E-state index contributed by atoms with van der Waals surface area (Å²) in [5, 5.41) is 4.81. The maximum absolute atomic E-state index is 13.5. The van der Waals surface area contributed by atoms with Gasteiger partial charge < -0.3 is 10.6 Å². The van der Waals surface area contributed by atoms with Gasteiger partial charge in [0, 0.05) is 31.4 Å². The molecule has 0 radical (unpaired) electrons. The molecule has 1 aliphatic heterocycles. The van der Waals surface area contributed by atoms with Gasteiger partial charge in [-0.25, -0.2) is 9.37 Å². The number of alkyl halides is 4. The van der Waals surface area contributed by atoms with Crippen LogP contribution in [0.4, 0.5) is 17.6 Å². The van der Waals surface area contributed by atoms with Gasteiger partial charge in [0.25, 0.3) is 0 Å². The topological polar surface area (TPSA) is 66.9 Å². The molecule has 2 aromatic rings. The summed E-state index contributed by atoms with van der Waals surface area (Å²) in [5.41, 5.74) is 0.757. The molecule has 2 N–H and O–H groups in total. The lowest BCUT2D eigenvalue weighted by Crippen LogP contribution is -2.42. The van der Waals surface area contributed by atoms with Crippen LogP contribution in [0.5, 0.6) is 0 Å². The summed E-state index contributed by atoms with van der Waals surface area (Å²) >= 11 is 6.54. The van der Waals surface area contributed by atoms with Gasteiger partial charge in [-0.05, 0) is 18.6 Å². The maximum Gasteiger partial charge on any atom is 0.443 e. The summed E-state index contributed by atoms with van der Waals surface area (Å²) in [6.45, 7) is 1.70. The second-order valence-corrected chi connectivity index (χ2v) is 7.60. The zero-order chi connectivity index (χ0) is 19.8. The van der Waals surface area contributed by atoms with Crippen molar-refractivity contribution < 1.29 is 22.4 Å². The first-order valence-electron chi connectivity index (χ1n) is 8.01. The SMILES string of the molecule is C[C@@H]1N[C@H](C(=O)NCc2cc(-c3cnc(C(F)(F)F)s3)ncc2Cl)C[C@H]1F.Cl. The largest absolute Gasteiger partial charge is 0.443 e. The molecular weight excluding hydrogens is 443 g/mol. The van der Waals surface area contributed by atoms with E-state index in [9.17, 15) is 22.4 Å². The van der Waals surface area contributed by atoms with Crippen molar-refractivity contribution in [3.63, 3.8) is 0 Å². The van der Waals surface area contributed by atoms with Gasteiger partial charge in [0.05, 0.1) is 21.6 Å². The minimum absolute atomic E-state index is 0. The van der Waals surface area contributed by atoms with E-state index in [1.54, 1.807) is 6.92 Å². The Morgan fingerprint density at radius 3 is 2.68 bits per heavy atom. The van der Waals surface area contributed by atoms with Crippen molar-refractivity contribution in [3.05, 3.63) is 34.1 Å². The summed E-state index contributed by atoms with van der Waals surface area (Å²) in [7, 11) is 0. The lowest BCUT2D eigenvalue weighted by atomic mass is 10.1. The molecule has 28 heavy (non-hydrogen) atoms. The number of hydrogen-bond acceptors (Lipinski definition) is 5. The normalized spacial score (nSPS) is 22.0. The number of pyridine rings is 1. The van der Waals surface area contributed by atoms with Gasteiger partial charge in [-0.3, -0.25) is 9.78 Å². The van der Waals surface area contributed by atoms with E-state index in [1.807, 2.05) is 0 Å². The standard InChI is InChI=1S/C16H15ClF4N4OS.ClH/c1-7-10(18)3-12(25-7)14(26)23-4-8-2-11(22-5-9(8)17)13-6-24-15(27-13)16(19,20)21;/h2,5-7,10,12,25H,3-4H2,1H3,(H,23,26);1H/t7-,10+,12-;/m0./s1. The molecule has 0 spiro atoms. The first-order valence-corrected chi connectivity index (χ1v) is 9.20. The lowest BCUT2D eigenvalue weighted by molar-refractivity contribution is -0.137. The molecule has 0 aliphatic carbocycles. The van der Waals surface area contributed by atoms with Crippen LogP contribution >= 0.6 is 35.3 Å². The Kier molecular flexibility index (Phi) is 7.24. The van der Waals surface area contributed by atoms with E-state index in [0.29, 0.717) is 16.9 Å². The third-order valence-electron chi connectivity index (χ3n) is 4.17. The quantitative estimate of drug-likeness (QED) is 0.679. The maximum atomic E-state index is 13.5. The summed E-state index contributed by atoms with van der Waals surface area (Å²) in [4.78, 5) is 19.8. The second-order valence-electron chi connectivity index (χ2n) is 6.17. The molecule has 1 aliphatic rings. The van der Waals surface area contributed by atoms with Gasteiger partial charge in [0.2, 0.25) is 5.91 Å². The number of amides is 1. The fourth-order valence-corrected chi connectivity index (χ4v) is 3.60. The molecule has 0 saturated carbocycles. The van der Waals surface area contributed by atoms with Gasteiger partial charge in [0.1, 0.15) is 6.17 Å². The number of aromatic nitrogens is 2. The van der Waals surface area contributed by atoms with Crippen molar-refractivity contribution in [2.45, 2.75) is 44.3 Å². The molecule has 1 saturated heterocycles. The van der Waals surface area contributed by atoms with E-state index >= 15 is 0 Å². The monoisotopic (exact) mass is 458 g/mol. The van der Waals surface area contributed by atoms with E-state index in [2.05, 4.69) is 20.6 Å². The Labute approximate surface area is 173 Å². The van der Waals surface area contributed by atoms with Crippen LogP contribution in [-0.4, -0.2) is 34.1 Å². The Balaban J connectivity index is 0.00000280. The predicted octanol–water partition coefficient (Wildman–Crippen LogP) is 4.00. The highest BCUT2D eigenvalue weighted by molar-refractivity contribution is 7.15. The molecule has 3 rings (SSSR count). The summed E-state index contributed by atoms with van der Waals surface area (Å²) < 4.78 is 51.6. The van der Waals surface area contributed by atoms with Crippen LogP contribution in [0.3, 0.4) is 0 Å². The molecule has 1 amide bonds. The van der Waals surface area contributed by atoms with E-state index in [1.165, 1.54) is 12.3 Å². The average Bonchev–Trinajstić information content (AvgIpc) is 3.21. The first kappa shape index (κ1) is 22.8. The number of carbonyl (C=O) groups is 1. The fraction of sp³-hybridized carbons (Fsp3) is 0.438. The zero-order valence-corrected chi connectivity index (χ0v) is 16.8. The highest BCUT2D eigenvalue weighted by Gasteiger charge is 2.35. The van der Waals surface area contributed by atoms with Gasteiger partial charge in [-0.2, -0.15) is 13.2 Å². The zero-order valence-electron chi connectivity index (χ0n) is 14.4. The molecule has 5 nitrogen and oxygen atoms in total. The molecule has 1 fully saturated rings. The predicted molar refractivity (Wildman–Crippen MR) is 100 cm³/mol. The summed E-state index contributed by atoms with van der Waals surface area (Å²) in [6.07, 6.45) is -3.13. The Bertz CT molecular complexity index is 838. The minimum Gasteiger partial charge on any atom is -0.351 e. The molecule has 154 valence electrons.